The van der Waals surface area contributed by atoms with E-state index in [9.17, 15) is 4.79 Å². The van der Waals surface area contributed by atoms with Gasteiger partial charge in [0.25, 0.3) is 5.91 Å². The van der Waals surface area contributed by atoms with Gasteiger partial charge in [0.2, 0.25) is 0 Å². The van der Waals surface area contributed by atoms with Crippen molar-refractivity contribution in [1.82, 2.24) is 4.98 Å². The van der Waals surface area contributed by atoms with Crippen LogP contribution in [0.25, 0.3) is 0 Å². The summed E-state index contributed by atoms with van der Waals surface area (Å²) in [5, 5.41) is 11.6. The summed E-state index contributed by atoms with van der Waals surface area (Å²) >= 11 is 0. The molecule has 1 aromatic heterocycles. The molecule has 2 aromatic rings. The number of aliphatic hydroxyl groups excluding tert-OH is 1. The molecular formula is C16H18N2O3. The molecule has 110 valence electrons. The molecule has 5 nitrogen and oxygen atoms in total. The van der Waals surface area contributed by atoms with E-state index in [4.69, 9.17) is 9.84 Å². The number of nitrogens with zero attached hydrogens (tertiary/aromatic N) is 1. The highest BCUT2D eigenvalue weighted by molar-refractivity contribution is 5.90. The van der Waals surface area contributed by atoms with Gasteiger partial charge in [-0.2, -0.15) is 0 Å². The molecule has 0 saturated carbocycles. The zero-order valence-electron chi connectivity index (χ0n) is 11.9. The number of pyridine rings is 1. The number of ether oxygens (including phenoxy) is 1. The molecule has 0 aliphatic heterocycles. The van der Waals surface area contributed by atoms with Crippen molar-refractivity contribution < 1.29 is 14.6 Å². The maximum absolute atomic E-state index is 11.8. The summed E-state index contributed by atoms with van der Waals surface area (Å²) in [5.41, 5.74) is 1.66. The molecule has 0 aliphatic rings. The molecule has 0 spiro atoms. The van der Waals surface area contributed by atoms with Gasteiger partial charge < -0.3 is 15.2 Å². The van der Waals surface area contributed by atoms with Crippen LogP contribution < -0.4 is 10.1 Å². The molecular weight excluding hydrogens is 268 g/mol. The zero-order valence-corrected chi connectivity index (χ0v) is 11.9. The highest BCUT2D eigenvalue weighted by Gasteiger charge is 2.05. The molecule has 2 N–H and O–H groups in total. The number of amides is 1. The van der Waals surface area contributed by atoms with Gasteiger partial charge in [-0.15, -0.1) is 0 Å². The van der Waals surface area contributed by atoms with Crippen molar-refractivity contribution in [2.45, 2.75) is 20.0 Å². The van der Waals surface area contributed by atoms with E-state index >= 15 is 0 Å². The Bertz CT molecular complexity index is 614. The zero-order chi connectivity index (χ0) is 15.1. The predicted octanol–water partition coefficient (Wildman–Crippen LogP) is 2.15. The third-order valence-corrected chi connectivity index (χ3v) is 2.91. The van der Waals surface area contributed by atoms with Crippen LogP contribution in [0.4, 0.5) is 5.82 Å². The second-order valence-electron chi connectivity index (χ2n) is 4.51. The fraction of sp³-hybridized carbons (Fsp3) is 0.250. The highest BCUT2D eigenvalue weighted by atomic mass is 16.5. The van der Waals surface area contributed by atoms with Gasteiger partial charge in [-0.1, -0.05) is 25.1 Å². The quantitative estimate of drug-likeness (QED) is 0.853. The van der Waals surface area contributed by atoms with Gasteiger partial charge in [-0.3, -0.25) is 4.79 Å². The minimum absolute atomic E-state index is 0.0851. The first-order valence-corrected chi connectivity index (χ1v) is 6.79. The van der Waals surface area contributed by atoms with Crippen LogP contribution in [0.15, 0.2) is 42.5 Å². The third kappa shape index (κ3) is 4.57. The number of hydrogen-bond acceptors (Lipinski definition) is 4. The second kappa shape index (κ2) is 7.40. The van der Waals surface area contributed by atoms with E-state index < -0.39 is 0 Å². The van der Waals surface area contributed by atoms with Gasteiger partial charge >= 0.3 is 0 Å². The number of hydrogen-bond donors (Lipinski definition) is 2. The fourth-order valence-electron chi connectivity index (χ4n) is 1.82. The van der Waals surface area contributed by atoms with Crippen LogP contribution in [0.2, 0.25) is 0 Å². The third-order valence-electron chi connectivity index (χ3n) is 2.91. The minimum Gasteiger partial charge on any atom is -0.484 e. The molecule has 0 fully saturated rings. The highest BCUT2D eigenvalue weighted by Crippen LogP contribution is 2.13. The first-order chi connectivity index (χ1) is 10.2. The van der Waals surface area contributed by atoms with Crippen LogP contribution in [-0.4, -0.2) is 22.6 Å². The average Bonchev–Trinajstić information content (AvgIpc) is 2.53. The smallest absolute Gasteiger partial charge is 0.263 e. The number of aryl methyl sites for hydroxylation is 1. The molecule has 1 aromatic carbocycles. The van der Waals surface area contributed by atoms with Crippen molar-refractivity contribution in [2.24, 2.45) is 0 Å². The molecule has 0 radical (unpaired) electrons. The Morgan fingerprint density at radius 1 is 1.29 bits per heavy atom. The largest absolute Gasteiger partial charge is 0.484 e. The van der Waals surface area contributed by atoms with Crippen molar-refractivity contribution in [3.05, 3.63) is 53.7 Å². The lowest BCUT2D eigenvalue weighted by molar-refractivity contribution is -0.118. The van der Waals surface area contributed by atoms with Crippen LogP contribution in [0.3, 0.4) is 0 Å². The van der Waals surface area contributed by atoms with Crippen LogP contribution in [0.1, 0.15) is 18.2 Å². The lowest BCUT2D eigenvalue weighted by Gasteiger charge is -2.08. The van der Waals surface area contributed by atoms with Crippen molar-refractivity contribution >= 4 is 11.7 Å². The number of carbonyl (C=O) groups excluding carboxylic acids is 1. The van der Waals surface area contributed by atoms with Gasteiger partial charge in [0, 0.05) is 0 Å². The number of aromatic nitrogens is 1. The van der Waals surface area contributed by atoms with E-state index in [-0.39, 0.29) is 19.1 Å². The molecule has 21 heavy (non-hydrogen) atoms. The van der Waals surface area contributed by atoms with Gasteiger partial charge in [-0.05, 0) is 36.2 Å². The van der Waals surface area contributed by atoms with Gasteiger partial charge in [0.15, 0.2) is 6.61 Å². The summed E-state index contributed by atoms with van der Waals surface area (Å²) in [6.45, 7) is 1.81. The molecule has 0 aliphatic carbocycles. The maximum atomic E-state index is 11.8. The van der Waals surface area contributed by atoms with Crippen LogP contribution in [0.5, 0.6) is 5.75 Å². The minimum atomic E-state index is -0.292. The monoisotopic (exact) mass is 286 g/mol. The maximum Gasteiger partial charge on any atom is 0.263 e. The van der Waals surface area contributed by atoms with E-state index in [1.54, 1.807) is 18.2 Å². The van der Waals surface area contributed by atoms with Crippen LogP contribution in [0, 0.1) is 0 Å². The number of nitrogens with one attached hydrogen (secondary N) is 1. The fourth-order valence-corrected chi connectivity index (χ4v) is 1.82. The Hall–Kier alpha value is -2.40. The van der Waals surface area contributed by atoms with Gasteiger partial charge in [-0.25, -0.2) is 4.98 Å². The summed E-state index contributed by atoms with van der Waals surface area (Å²) in [7, 11) is 0. The number of anilines is 1. The lowest BCUT2D eigenvalue weighted by atomic mass is 10.2. The Labute approximate surface area is 123 Å². The van der Waals surface area contributed by atoms with E-state index in [2.05, 4.69) is 17.2 Å². The Balaban J connectivity index is 1.89. The van der Waals surface area contributed by atoms with E-state index in [1.165, 1.54) is 0 Å². The summed E-state index contributed by atoms with van der Waals surface area (Å²) in [6, 6.07) is 12.7. The number of benzene rings is 1. The second-order valence-corrected chi connectivity index (χ2v) is 4.51. The molecule has 1 heterocycles. The van der Waals surface area contributed by atoms with E-state index in [0.717, 1.165) is 12.0 Å². The van der Waals surface area contributed by atoms with Crippen molar-refractivity contribution in [1.29, 1.82) is 0 Å². The molecule has 1 amide bonds. The molecule has 0 unspecified atom stereocenters. The van der Waals surface area contributed by atoms with Gasteiger partial charge in [0.1, 0.15) is 11.6 Å². The van der Waals surface area contributed by atoms with Crippen molar-refractivity contribution in [3.63, 3.8) is 0 Å². The number of aliphatic hydroxyl groups is 1. The Morgan fingerprint density at radius 3 is 2.86 bits per heavy atom. The van der Waals surface area contributed by atoms with E-state index in [0.29, 0.717) is 17.3 Å². The van der Waals surface area contributed by atoms with Crippen molar-refractivity contribution in [2.75, 3.05) is 11.9 Å². The number of rotatable bonds is 6. The Morgan fingerprint density at radius 2 is 2.10 bits per heavy atom. The van der Waals surface area contributed by atoms with Crippen LogP contribution in [-0.2, 0) is 17.8 Å². The predicted molar refractivity (Wildman–Crippen MR) is 80.1 cm³/mol. The normalized spacial score (nSPS) is 10.2. The van der Waals surface area contributed by atoms with E-state index in [1.807, 2.05) is 24.3 Å². The average molecular weight is 286 g/mol. The van der Waals surface area contributed by atoms with Crippen molar-refractivity contribution in [3.8, 4) is 5.75 Å². The first kappa shape index (κ1) is 15.0. The Kier molecular flexibility index (Phi) is 5.29. The molecule has 0 saturated heterocycles. The summed E-state index contributed by atoms with van der Waals surface area (Å²) in [4.78, 5) is 15.9. The summed E-state index contributed by atoms with van der Waals surface area (Å²) < 4.78 is 5.45. The van der Waals surface area contributed by atoms with Crippen LogP contribution >= 0.6 is 0 Å². The molecule has 0 bridgehead atoms. The summed E-state index contributed by atoms with van der Waals surface area (Å²) in [5.74, 6) is 0.776. The standard InChI is InChI=1S/C16H18N2O3/c1-2-12-5-3-7-14(9-12)21-11-16(20)18-15-8-4-6-13(10-19)17-15/h3-9,19H,2,10-11H2,1H3,(H,17,18,20). The first-order valence-electron chi connectivity index (χ1n) is 6.79. The molecule has 2 rings (SSSR count). The lowest BCUT2D eigenvalue weighted by Crippen LogP contribution is -2.21. The number of carbonyl (C=O) groups is 1. The molecule has 0 atom stereocenters. The SMILES string of the molecule is CCc1cccc(OCC(=O)Nc2cccc(CO)n2)c1. The van der Waals surface area contributed by atoms with Gasteiger partial charge in [0.05, 0.1) is 12.3 Å². The molecule has 5 heteroatoms. The topological polar surface area (TPSA) is 71.5 Å². The summed E-state index contributed by atoms with van der Waals surface area (Å²) in [6.07, 6.45) is 0.918.